The van der Waals surface area contributed by atoms with E-state index in [1.807, 2.05) is 19.2 Å². The summed E-state index contributed by atoms with van der Waals surface area (Å²) < 4.78 is 0. The molecule has 0 saturated carbocycles. The van der Waals surface area contributed by atoms with Crippen LogP contribution < -0.4 is 10.6 Å². The molecule has 0 fully saturated rings. The maximum atomic E-state index is 5.92. The second-order valence-corrected chi connectivity index (χ2v) is 5.81. The second kappa shape index (κ2) is 7.78. The van der Waals surface area contributed by atoms with Crippen LogP contribution in [-0.2, 0) is 5.41 Å². The fourth-order valence-electron chi connectivity index (χ4n) is 1.96. The van der Waals surface area contributed by atoms with Gasteiger partial charge < -0.3 is 10.6 Å². The first-order valence-corrected chi connectivity index (χ1v) is 7.05. The van der Waals surface area contributed by atoms with Gasteiger partial charge in [0, 0.05) is 17.0 Å². The quantitative estimate of drug-likeness (QED) is 0.708. The Morgan fingerprint density at radius 1 is 1.06 bits per heavy atom. The second-order valence-electron chi connectivity index (χ2n) is 5.38. The lowest BCUT2D eigenvalue weighted by atomic mass is 9.84. The molecule has 0 aliphatic rings. The Hall–Kier alpha value is -0.570. The van der Waals surface area contributed by atoms with Crippen molar-refractivity contribution in [2.75, 3.05) is 26.7 Å². The lowest BCUT2D eigenvalue weighted by Crippen LogP contribution is -2.33. The molecule has 1 aromatic rings. The number of halogens is 1. The summed E-state index contributed by atoms with van der Waals surface area (Å²) in [5, 5.41) is 7.50. The Bertz CT molecular complexity index is 333. The monoisotopic (exact) mass is 268 g/mol. The van der Waals surface area contributed by atoms with Gasteiger partial charge in [-0.2, -0.15) is 0 Å². The number of hydrogen-bond acceptors (Lipinski definition) is 2. The lowest BCUT2D eigenvalue weighted by molar-refractivity contribution is 0.462. The molecule has 0 atom stereocenters. The van der Waals surface area contributed by atoms with E-state index < -0.39 is 0 Å². The van der Waals surface area contributed by atoms with Crippen molar-refractivity contribution >= 4 is 11.6 Å². The molecule has 0 radical (unpaired) electrons. The lowest BCUT2D eigenvalue weighted by Gasteiger charge is -2.26. The molecule has 2 nitrogen and oxygen atoms in total. The summed E-state index contributed by atoms with van der Waals surface area (Å²) in [5.74, 6) is 0. The van der Waals surface area contributed by atoms with E-state index in [4.69, 9.17) is 11.6 Å². The normalized spacial score (nSPS) is 11.8. The van der Waals surface area contributed by atoms with Crippen LogP contribution in [0.5, 0.6) is 0 Å². The van der Waals surface area contributed by atoms with Crippen LogP contribution in [0.3, 0.4) is 0 Å². The van der Waals surface area contributed by atoms with E-state index in [-0.39, 0.29) is 5.41 Å². The molecule has 0 bridgehead atoms. The van der Waals surface area contributed by atoms with Crippen molar-refractivity contribution < 1.29 is 0 Å². The maximum Gasteiger partial charge on any atom is 0.0406 e. The molecule has 18 heavy (non-hydrogen) atoms. The van der Waals surface area contributed by atoms with Crippen molar-refractivity contribution in [1.82, 2.24) is 10.6 Å². The van der Waals surface area contributed by atoms with Crippen LogP contribution in [0, 0.1) is 0 Å². The summed E-state index contributed by atoms with van der Waals surface area (Å²) in [5.41, 5.74) is 1.47. The summed E-state index contributed by atoms with van der Waals surface area (Å²) in [6.07, 6.45) is 2.45. The molecule has 0 amide bonds. The molecule has 0 aromatic heterocycles. The summed E-state index contributed by atoms with van der Waals surface area (Å²) in [4.78, 5) is 0. The molecule has 0 unspecified atom stereocenters. The first-order valence-electron chi connectivity index (χ1n) is 6.67. The Morgan fingerprint density at radius 3 is 2.28 bits per heavy atom. The fraction of sp³-hybridized carbons (Fsp3) is 0.600. The fourth-order valence-corrected chi connectivity index (χ4v) is 2.08. The molecular formula is C15H25ClN2. The first kappa shape index (κ1) is 15.5. The maximum absolute atomic E-state index is 5.92. The summed E-state index contributed by atoms with van der Waals surface area (Å²) in [6.45, 7) is 7.70. The van der Waals surface area contributed by atoms with Gasteiger partial charge in [0.1, 0.15) is 0 Å². The van der Waals surface area contributed by atoms with Gasteiger partial charge >= 0.3 is 0 Å². The number of nitrogens with one attached hydrogen (secondary N) is 2. The third-order valence-electron chi connectivity index (χ3n) is 3.22. The van der Waals surface area contributed by atoms with Gasteiger partial charge in [0.2, 0.25) is 0 Å². The highest BCUT2D eigenvalue weighted by molar-refractivity contribution is 6.30. The minimum atomic E-state index is 0.146. The van der Waals surface area contributed by atoms with Crippen molar-refractivity contribution in [2.24, 2.45) is 0 Å². The highest BCUT2D eigenvalue weighted by Crippen LogP contribution is 2.23. The minimum Gasteiger partial charge on any atom is -0.320 e. The molecule has 0 spiro atoms. The van der Waals surface area contributed by atoms with Gasteiger partial charge in [-0.3, -0.25) is 0 Å². The van der Waals surface area contributed by atoms with Crippen LogP contribution in [0.25, 0.3) is 0 Å². The van der Waals surface area contributed by atoms with Crippen molar-refractivity contribution in [1.29, 1.82) is 0 Å². The first-order chi connectivity index (χ1) is 8.56. The topological polar surface area (TPSA) is 24.1 Å². The molecule has 2 N–H and O–H groups in total. The van der Waals surface area contributed by atoms with Crippen LogP contribution in [0.15, 0.2) is 24.3 Å². The van der Waals surface area contributed by atoms with Crippen LogP contribution >= 0.6 is 11.6 Å². The predicted octanol–water partition coefficient (Wildman–Crippen LogP) is 3.21. The molecule has 102 valence electrons. The van der Waals surface area contributed by atoms with Crippen molar-refractivity contribution in [2.45, 2.75) is 32.1 Å². The number of hydrogen-bond donors (Lipinski definition) is 2. The van der Waals surface area contributed by atoms with E-state index in [1.165, 1.54) is 18.4 Å². The van der Waals surface area contributed by atoms with Gasteiger partial charge in [-0.25, -0.2) is 0 Å². The van der Waals surface area contributed by atoms with E-state index in [9.17, 15) is 0 Å². The van der Waals surface area contributed by atoms with E-state index in [2.05, 4.69) is 36.6 Å². The minimum absolute atomic E-state index is 0.146. The molecule has 0 saturated heterocycles. The zero-order chi connectivity index (χ0) is 13.4. The van der Waals surface area contributed by atoms with Gasteiger partial charge in [0.05, 0.1) is 0 Å². The Balaban J connectivity index is 2.33. The third kappa shape index (κ3) is 5.38. The Morgan fingerprint density at radius 2 is 1.67 bits per heavy atom. The van der Waals surface area contributed by atoms with Gasteiger partial charge in [-0.1, -0.05) is 37.6 Å². The standard InChI is InChI=1S/C15H25ClN2/c1-15(2,12-18-11-5-4-10-17-3)13-6-8-14(16)9-7-13/h6-9,17-18H,4-5,10-12H2,1-3H3. The van der Waals surface area contributed by atoms with E-state index in [0.29, 0.717) is 0 Å². The molecular weight excluding hydrogens is 244 g/mol. The SMILES string of the molecule is CNCCCCNCC(C)(C)c1ccc(Cl)cc1. The zero-order valence-corrected chi connectivity index (χ0v) is 12.5. The number of unbranched alkanes of at least 4 members (excludes halogenated alkanes) is 1. The predicted molar refractivity (Wildman–Crippen MR) is 80.5 cm³/mol. The molecule has 1 aromatic carbocycles. The van der Waals surface area contributed by atoms with Crippen molar-refractivity contribution in [3.8, 4) is 0 Å². The molecule has 3 heteroatoms. The number of rotatable bonds is 8. The van der Waals surface area contributed by atoms with E-state index in [0.717, 1.165) is 24.7 Å². The molecule has 0 aliphatic heterocycles. The largest absolute Gasteiger partial charge is 0.320 e. The van der Waals surface area contributed by atoms with Crippen molar-refractivity contribution in [3.63, 3.8) is 0 Å². The Labute approximate surface area is 116 Å². The molecule has 1 rings (SSSR count). The molecule has 0 heterocycles. The van der Waals surface area contributed by atoms with Gasteiger partial charge in [-0.15, -0.1) is 0 Å². The van der Waals surface area contributed by atoms with Crippen LogP contribution in [-0.4, -0.2) is 26.7 Å². The van der Waals surface area contributed by atoms with Crippen molar-refractivity contribution in [3.05, 3.63) is 34.9 Å². The van der Waals surface area contributed by atoms with Gasteiger partial charge in [0.25, 0.3) is 0 Å². The Kier molecular flexibility index (Phi) is 6.69. The summed E-state index contributed by atoms with van der Waals surface area (Å²) >= 11 is 5.92. The third-order valence-corrected chi connectivity index (χ3v) is 3.47. The summed E-state index contributed by atoms with van der Waals surface area (Å²) in [6, 6.07) is 8.16. The van der Waals surface area contributed by atoms with Gasteiger partial charge in [-0.05, 0) is 50.7 Å². The zero-order valence-electron chi connectivity index (χ0n) is 11.7. The van der Waals surface area contributed by atoms with Crippen LogP contribution in [0.4, 0.5) is 0 Å². The smallest absolute Gasteiger partial charge is 0.0406 e. The van der Waals surface area contributed by atoms with E-state index in [1.54, 1.807) is 0 Å². The average Bonchev–Trinajstić information content (AvgIpc) is 2.34. The average molecular weight is 269 g/mol. The molecule has 0 aliphatic carbocycles. The van der Waals surface area contributed by atoms with Gasteiger partial charge in [0.15, 0.2) is 0 Å². The van der Waals surface area contributed by atoms with E-state index >= 15 is 0 Å². The van der Waals surface area contributed by atoms with Crippen LogP contribution in [0.2, 0.25) is 5.02 Å². The highest BCUT2D eigenvalue weighted by atomic mass is 35.5. The summed E-state index contributed by atoms with van der Waals surface area (Å²) in [7, 11) is 2.00. The number of benzene rings is 1. The highest BCUT2D eigenvalue weighted by Gasteiger charge is 2.19. The van der Waals surface area contributed by atoms with Crippen LogP contribution in [0.1, 0.15) is 32.3 Å².